The summed E-state index contributed by atoms with van der Waals surface area (Å²) in [5, 5.41) is 10.6. The molecule has 0 radical (unpaired) electrons. The van der Waals surface area contributed by atoms with E-state index in [1.165, 1.54) is 193 Å². The van der Waals surface area contributed by atoms with Gasteiger partial charge in [0.25, 0.3) is 0 Å². The normalized spacial score (nSPS) is 14.4. The number of hydrogen-bond donors (Lipinski definition) is 3. The summed E-state index contributed by atoms with van der Waals surface area (Å²) in [6, 6.07) is 0. The molecule has 0 bridgehead atoms. The van der Waals surface area contributed by atoms with Crippen LogP contribution < -0.4 is 0 Å². The lowest BCUT2D eigenvalue weighted by molar-refractivity contribution is -0.161. The first-order valence-corrected chi connectivity index (χ1v) is 43.2. The second-order valence-electron chi connectivity index (χ2n) is 29.8. The third kappa shape index (κ3) is 70.9. The number of aliphatic hydroxyl groups is 1. The fourth-order valence-corrected chi connectivity index (χ4v) is 13.5. The number of carbonyl (C=O) groups is 4. The molecule has 0 aliphatic carbocycles. The largest absolute Gasteiger partial charge is 0.472 e. The second-order valence-corrected chi connectivity index (χ2v) is 32.7. The first kappa shape index (κ1) is 95.1. The van der Waals surface area contributed by atoms with Gasteiger partial charge in [-0.2, -0.15) is 0 Å². The van der Waals surface area contributed by atoms with Crippen LogP contribution in [0.5, 0.6) is 0 Å². The highest BCUT2D eigenvalue weighted by molar-refractivity contribution is 7.47. The molecule has 0 rings (SSSR count). The van der Waals surface area contributed by atoms with E-state index < -0.39 is 97.5 Å². The van der Waals surface area contributed by atoms with E-state index in [0.717, 1.165) is 120 Å². The van der Waals surface area contributed by atoms with E-state index in [4.69, 9.17) is 37.0 Å². The van der Waals surface area contributed by atoms with Crippen molar-refractivity contribution in [1.82, 2.24) is 0 Å². The average molecular weight is 1420 g/mol. The van der Waals surface area contributed by atoms with Gasteiger partial charge in [0.15, 0.2) is 12.2 Å². The summed E-state index contributed by atoms with van der Waals surface area (Å²) in [5.74, 6) is 0.959. The number of rotatable bonds is 75. The van der Waals surface area contributed by atoms with Crippen molar-refractivity contribution < 1.29 is 80.2 Å². The van der Waals surface area contributed by atoms with Crippen LogP contribution in [0.15, 0.2) is 0 Å². The summed E-state index contributed by atoms with van der Waals surface area (Å²) in [5.41, 5.74) is 0. The molecule has 0 aliphatic heterocycles. The number of hydrogen-bond acceptors (Lipinski definition) is 15. The van der Waals surface area contributed by atoms with Gasteiger partial charge in [0.1, 0.15) is 19.3 Å². The lowest BCUT2D eigenvalue weighted by Crippen LogP contribution is -2.30. The molecule has 0 heterocycles. The van der Waals surface area contributed by atoms with Crippen molar-refractivity contribution in [1.29, 1.82) is 0 Å². The van der Waals surface area contributed by atoms with E-state index in [-0.39, 0.29) is 25.7 Å². The van der Waals surface area contributed by atoms with Gasteiger partial charge in [0, 0.05) is 25.7 Å². The van der Waals surface area contributed by atoms with E-state index in [0.29, 0.717) is 25.7 Å². The fourth-order valence-electron chi connectivity index (χ4n) is 11.9. The Kier molecular flexibility index (Phi) is 65.9. The number of unbranched alkanes of at least 4 members (excludes halogenated alkanes) is 40. The van der Waals surface area contributed by atoms with E-state index in [2.05, 4.69) is 55.4 Å². The molecule has 0 fully saturated rings. The topological polar surface area (TPSA) is 237 Å². The molecule has 0 aromatic carbocycles. The van der Waals surface area contributed by atoms with E-state index in [1.54, 1.807) is 0 Å². The zero-order chi connectivity index (χ0) is 71.7. The number of aliphatic hydroxyl groups excluding tert-OH is 1. The molecule has 0 saturated carbocycles. The van der Waals surface area contributed by atoms with Crippen LogP contribution >= 0.6 is 15.6 Å². The summed E-state index contributed by atoms with van der Waals surface area (Å²) < 4.78 is 68.6. The maximum atomic E-state index is 13.1. The van der Waals surface area contributed by atoms with Crippen molar-refractivity contribution in [2.75, 3.05) is 39.6 Å². The summed E-state index contributed by atoms with van der Waals surface area (Å²) in [6.45, 7) is 14.2. The Balaban J connectivity index is 5.25. The molecule has 0 amide bonds. The SMILES string of the molecule is CCC(C)CCCCCCCCC(=O)OC[C@H](COP(=O)(O)OC[C@H](O)COP(=O)(O)OC[C@@H](COC(=O)CCCCCCCCCCCCCCCCC(C)C)OC(=O)CCCCCCCCCCCCCCCCC(C)C)OC(=O)CCCCCCCCCCCCC(C)C. The third-order valence-electron chi connectivity index (χ3n) is 18.4. The minimum atomic E-state index is -4.96. The molecule has 97 heavy (non-hydrogen) atoms. The van der Waals surface area contributed by atoms with Crippen LogP contribution in [0.1, 0.15) is 396 Å². The van der Waals surface area contributed by atoms with Crippen LogP contribution in [0.25, 0.3) is 0 Å². The third-order valence-corrected chi connectivity index (χ3v) is 20.3. The van der Waals surface area contributed by atoms with Gasteiger partial charge in [-0.3, -0.25) is 37.3 Å². The van der Waals surface area contributed by atoms with Crippen molar-refractivity contribution >= 4 is 39.5 Å². The van der Waals surface area contributed by atoms with E-state index in [1.807, 2.05) is 0 Å². The van der Waals surface area contributed by atoms with Gasteiger partial charge in [-0.25, -0.2) is 9.13 Å². The van der Waals surface area contributed by atoms with Gasteiger partial charge in [-0.15, -0.1) is 0 Å². The van der Waals surface area contributed by atoms with Crippen molar-refractivity contribution in [3.05, 3.63) is 0 Å². The van der Waals surface area contributed by atoms with E-state index >= 15 is 0 Å². The average Bonchev–Trinajstić information content (AvgIpc) is 1.51. The van der Waals surface area contributed by atoms with Crippen molar-refractivity contribution in [3.63, 3.8) is 0 Å². The maximum Gasteiger partial charge on any atom is 0.472 e. The molecule has 0 saturated heterocycles. The molecule has 3 unspecified atom stereocenters. The Hall–Kier alpha value is -1.94. The van der Waals surface area contributed by atoms with Crippen molar-refractivity contribution in [2.24, 2.45) is 23.7 Å². The van der Waals surface area contributed by atoms with Gasteiger partial charge >= 0.3 is 39.5 Å². The first-order chi connectivity index (χ1) is 46.6. The Labute approximate surface area is 594 Å². The highest BCUT2D eigenvalue weighted by Gasteiger charge is 2.30. The zero-order valence-electron chi connectivity index (χ0n) is 63.7. The number of phosphoric acid groups is 2. The monoisotopic (exact) mass is 1420 g/mol. The minimum Gasteiger partial charge on any atom is -0.462 e. The van der Waals surface area contributed by atoms with Crippen LogP contribution in [0.2, 0.25) is 0 Å². The summed E-state index contributed by atoms with van der Waals surface area (Å²) in [6.07, 6.45) is 52.7. The molecule has 17 nitrogen and oxygen atoms in total. The standard InChI is InChI=1S/C78H152O17P2/c1-9-71(8)57-49-41-36-37-43-51-59-76(81)89-65-74(95-78(83)61-53-45-35-29-23-22-26-32-40-48-56-70(6)7)67-93-97(86,87)91-63-72(79)62-90-96(84,85)92-66-73(94-77(82)60-52-44-34-28-21-17-13-11-15-19-25-31-39-47-55-69(4)5)64-88-75(80)58-50-42-33-27-20-16-12-10-14-18-24-30-38-46-54-68(2)3/h68-74,79H,9-67H2,1-8H3,(H,84,85)(H,86,87)/t71?,72-,73-,74-/m1/s1. The lowest BCUT2D eigenvalue weighted by Gasteiger charge is -2.21. The minimum absolute atomic E-state index is 0.105. The molecular formula is C78H152O17P2. The number of carbonyl (C=O) groups excluding carboxylic acids is 4. The molecule has 6 atom stereocenters. The van der Waals surface area contributed by atoms with Crippen molar-refractivity contribution in [2.45, 2.75) is 414 Å². The number of esters is 4. The first-order valence-electron chi connectivity index (χ1n) is 40.2. The predicted octanol–water partition coefficient (Wildman–Crippen LogP) is 22.8. The Morgan fingerprint density at radius 2 is 0.495 bits per heavy atom. The fraction of sp³-hybridized carbons (Fsp3) is 0.949. The summed E-state index contributed by atoms with van der Waals surface area (Å²) >= 11 is 0. The molecule has 0 aromatic heterocycles. The lowest BCUT2D eigenvalue weighted by atomic mass is 10.00. The summed E-state index contributed by atoms with van der Waals surface area (Å²) in [4.78, 5) is 72.9. The second kappa shape index (κ2) is 67.2. The van der Waals surface area contributed by atoms with Crippen LogP contribution in [0.3, 0.4) is 0 Å². The van der Waals surface area contributed by atoms with Crippen molar-refractivity contribution in [3.8, 4) is 0 Å². The van der Waals surface area contributed by atoms with Gasteiger partial charge in [0.05, 0.1) is 26.4 Å². The highest BCUT2D eigenvalue weighted by atomic mass is 31.2. The maximum absolute atomic E-state index is 13.1. The zero-order valence-corrected chi connectivity index (χ0v) is 65.5. The van der Waals surface area contributed by atoms with Crippen LogP contribution in [-0.2, 0) is 65.4 Å². The summed E-state index contributed by atoms with van der Waals surface area (Å²) in [7, 11) is -9.92. The predicted molar refractivity (Wildman–Crippen MR) is 395 cm³/mol. The van der Waals surface area contributed by atoms with Crippen LogP contribution in [0.4, 0.5) is 0 Å². The Morgan fingerprint density at radius 1 is 0.289 bits per heavy atom. The molecule has 0 aliphatic rings. The van der Waals surface area contributed by atoms with Crippen LogP contribution in [-0.4, -0.2) is 96.7 Å². The quantitative estimate of drug-likeness (QED) is 0.0222. The number of ether oxygens (including phenoxy) is 4. The molecular weight excluding hydrogens is 1270 g/mol. The van der Waals surface area contributed by atoms with Gasteiger partial charge in [-0.05, 0) is 49.4 Å². The highest BCUT2D eigenvalue weighted by Crippen LogP contribution is 2.45. The molecule has 3 N–H and O–H groups in total. The Morgan fingerprint density at radius 3 is 0.732 bits per heavy atom. The molecule has 0 aromatic rings. The molecule has 576 valence electrons. The van der Waals surface area contributed by atoms with E-state index in [9.17, 15) is 43.2 Å². The number of phosphoric ester groups is 2. The molecule has 19 heteroatoms. The smallest absolute Gasteiger partial charge is 0.462 e. The van der Waals surface area contributed by atoms with Gasteiger partial charge in [0.2, 0.25) is 0 Å². The van der Waals surface area contributed by atoms with Gasteiger partial charge in [-0.1, -0.05) is 344 Å². The Bertz CT molecular complexity index is 1900. The molecule has 0 spiro atoms. The van der Waals surface area contributed by atoms with Crippen LogP contribution in [0, 0.1) is 23.7 Å². The van der Waals surface area contributed by atoms with Gasteiger partial charge < -0.3 is 33.8 Å².